The van der Waals surface area contributed by atoms with Crippen molar-refractivity contribution < 1.29 is 9.59 Å². The molecule has 0 aromatic heterocycles. The molecule has 1 aliphatic rings. The van der Waals surface area contributed by atoms with Crippen molar-refractivity contribution in [3.05, 3.63) is 35.4 Å². The van der Waals surface area contributed by atoms with Gasteiger partial charge in [0, 0.05) is 37.7 Å². The van der Waals surface area contributed by atoms with Gasteiger partial charge in [0.1, 0.15) is 0 Å². The lowest BCUT2D eigenvalue weighted by Gasteiger charge is -2.36. The molecule has 0 spiro atoms. The fourth-order valence-electron chi connectivity index (χ4n) is 3.06. The summed E-state index contributed by atoms with van der Waals surface area (Å²) in [6, 6.07) is 7.84. The van der Waals surface area contributed by atoms with Crippen LogP contribution in [-0.2, 0) is 11.2 Å². The van der Waals surface area contributed by atoms with Crippen molar-refractivity contribution in [2.24, 2.45) is 5.92 Å². The van der Waals surface area contributed by atoms with Crippen LogP contribution in [0.5, 0.6) is 0 Å². The molecular formula is C19H28N2O2. The van der Waals surface area contributed by atoms with Crippen molar-refractivity contribution in [3.63, 3.8) is 0 Å². The number of piperazine rings is 1. The second kappa shape index (κ2) is 8.14. The lowest BCUT2D eigenvalue weighted by Crippen LogP contribution is -2.51. The third kappa shape index (κ3) is 4.34. The van der Waals surface area contributed by atoms with Crippen molar-refractivity contribution >= 4 is 11.8 Å². The van der Waals surface area contributed by atoms with Crippen LogP contribution in [0.2, 0.25) is 0 Å². The predicted octanol–water partition coefficient (Wildman–Crippen LogP) is 2.97. The van der Waals surface area contributed by atoms with Crippen molar-refractivity contribution in [3.8, 4) is 0 Å². The van der Waals surface area contributed by atoms with Gasteiger partial charge in [-0.3, -0.25) is 9.59 Å². The maximum absolute atomic E-state index is 12.5. The van der Waals surface area contributed by atoms with E-state index in [1.165, 1.54) is 5.56 Å². The van der Waals surface area contributed by atoms with Crippen LogP contribution in [0.4, 0.5) is 0 Å². The minimum Gasteiger partial charge on any atom is -0.339 e. The molecule has 0 N–H and O–H groups in total. The van der Waals surface area contributed by atoms with E-state index in [2.05, 4.69) is 13.8 Å². The van der Waals surface area contributed by atoms with E-state index in [0.717, 1.165) is 24.8 Å². The number of aryl methyl sites for hydroxylation is 1. The van der Waals surface area contributed by atoms with Crippen molar-refractivity contribution in [2.45, 2.75) is 40.0 Å². The lowest BCUT2D eigenvalue weighted by atomic mass is 10.0. The fraction of sp³-hybridized carbons (Fsp3) is 0.579. The zero-order valence-corrected chi connectivity index (χ0v) is 14.5. The van der Waals surface area contributed by atoms with Gasteiger partial charge in [-0.1, -0.05) is 39.3 Å². The standard InChI is InChI=1S/C19H28N2O2/c1-4-6-15(3)18(22)20-11-13-21(14-12-20)19(23)17-9-7-16(5-2)8-10-17/h7-10,15H,4-6,11-14H2,1-3H3. The minimum absolute atomic E-state index is 0.0707. The number of amides is 2. The lowest BCUT2D eigenvalue weighted by molar-refractivity contribution is -0.136. The Kier molecular flexibility index (Phi) is 6.20. The molecule has 4 heteroatoms. The Balaban J connectivity index is 1.90. The third-order valence-electron chi connectivity index (χ3n) is 4.63. The summed E-state index contributed by atoms with van der Waals surface area (Å²) in [6.45, 7) is 8.74. The molecule has 1 aliphatic heterocycles. The Morgan fingerprint density at radius 1 is 1.00 bits per heavy atom. The topological polar surface area (TPSA) is 40.6 Å². The Labute approximate surface area is 139 Å². The van der Waals surface area contributed by atoms with Gasteiger partial charge in [0.25, 0.3) is 5.91 Å². The van der Waals surface area contributed by atoms with E-state index in [-0.39, 0.29) is 17.7 Å². The highest BCUT2D eigenvalue weighted by molar-refractivity contribution is 5.94. The van der Waals surface area contributed by atoms with E-state index >= 15 is 0 Å². The van der Waals surface area contributed by atoms with Gasteiger partial charge in [0.15, 0.2) is 0 Å². The average Bonchev–Trinajstić information content (AvgIpc) is 2.61. The second-order valence-corrected chi connectivity index (χ2v) is 6.36. The molecule has 1 aromatic carbocycles. The average molecular weight is 316 g/mol. The first kappa shape index (κ1) is 17.5. The number of carbonyl (C=O) groups excluding carboxylic acids is 2. The van der Waals surface area contributed by atoms with Gasteiger partial charge in [-0.25, -0.2) is 0 Å². The molecule has 1 aromatic rings. The molecule has 1 atom stereocenters. The molecular weight excluding hydrogens is 288 g/mol. The van der Waals surface area contributed by atoms with Crippen LogP contribution in [0, 0.1) is 5.92 Å². The maximum Gasteiger partial charge on any atom is 0.253 e. The molecule has 1 heterocycles. The maximum atomic E-state index is 12.5. The third-order valence-corrected chi connectivity index (χ3v) is 4.63. The van der Waals surface area contributed by atoms with Crippen LogP contribution < -0.4 is 0 Å². The molecule has 23 heavy (non-hydrogen) atoms. The van der Waals surface area contributed by atoms with Crippen molar-refractivity contribution in [2.75, 3.05) is 26.2 Å². The van der Waals surface area contributed by atoms with Crippen molar-refractivity contribution in [1.29, 1.82) is 0 Å². The number of nitrogens with zero attached hydrogens (tertiary/aromatic N) is 2. The smallest absolute Gasteiger partial charge is 0.253 e. The van der Waals surface area contributed by atoms with Gasteiger partial charge in [0.05, 0.1) is 0 Å². The van der Waals surface area contributed by atoms with E-state index in [9.17, 15) is 9.59 Å². The highest BCUT2D eigenvalue weighted by Gasteiger charge is 2.26. The van der Waals surface area contributed by atoms with Crippen LogP contribution in [-0.4, -0.2) is 47.8 Å². The largest absolute Gasteiger partial charge is 0.339 e. The zero-order valence-electron chi connectivity index (χ0n) is 14.5. The SMILES string of the molecule is CCCC(C)C(=O)N1CCN(C(=O)c2ccc(CC)cc2)CC1. The zero-order chi connectivity index (χ0) is 16.8. The van der Waals surface area contributed by atoms with Crippen LogP contribution >= 0.6 is 0 Å². The summed E-state index contributed by atoms with van der Waals surface area (Å²) in [6.07, 6.45) is 2.94. The highest BCUT2D eigenvalue weighted by atomic mass is 16.2. The minimum atomic E-state index is 0.0707. The summed E-state index contributed by atoms with van der Waals surface area (Å²) < 4.78 is 0. The first-order chi connectivity index (χ1) is 11.1. The molecule has 4 nitrogen and oxygen atoms in total. The van der Waals surface area contributed by atoms with E-state index in [1.807, 2.05) is 41.0 Å². The van der Waals surface area contributed by atoms with Crippen LogP contribution in [0.15, 0.2) is 24.3 Å². The molecule has 0 saturated carbocycles. The summed E-state index contributed by atoms with van der Waals surface area (Å²) >= 11 is 0. The molecule has 0 radical (unpaired) electrons. The summed E-state index contributed by atoms with van der Waals surface area (Å²) in [5, 5.41) is 0. The number of hydrogen-bond acceptors (Lipinski definition) is 2. The molecule has 0 bridgehead atoms. The van der Waals surface area contributed by atoms with Crippen LogP contribution in [0.3, 0.4) is 0 Å². The molecule has 2 rings (SSSR count). The van der Waals surface area contributed by atoms with E-state index in [1.54, 1.807) is 0 Å². The van der Waals surface area contributed by atoms with Gasteiger partial charge >= 0.3 is 0 Å². The summed E-state index contributed by atoms with van der Waals surface area (Å²) in [7, 11) is 0. The monoisotopic (exact) mass is 316 g/mol. The van der Waals surface area contributed by atoms with E-state index in [0.29, 0.717) is 26.2 Å². The quantitative estimate of drug-likeness (QED) is 0.838. The Bertz CT molecular complexity index is 531. The number of benzene rings is 1. The Morgan fingerprint density at radius 3 is 2.09 bits per heavy atom. The van der Waals surface area contributed by atoms with Gasteiger partial charge in [0.2, 0.25) is 5.91 Å². The fourth-order valence-corrected chi connectivity index (χ4v) is 3.06. The summed E-state index contributed by atoms with van der Waals surface area (Å²) in [5.74, 6) is 0.386. The predicted molar refractivity (Wildman–Crippen MR) is 92.4 cm³/mol. The van der Waals surface area contributed by atoms with Crippen LogP contribution in [0.1, 0.15) is 49.5 Å². The normalized spacial score (nSPS) is 16.3. The van der Waals surface area contributed by atoms with E-state index in [4.69, 9.17) is 0 Å². The first-order valence-corrected chi connectivity index (χ1v) is 8.73. The first-order valence-electron chi connectivity index (χ1n) is 8.73. The van der Waals surface area contributed by atoms with Gasteiger partial charge in [-0.2, -0.15) is 0 Å². The number of rotatable bonds is 5. The number of hydrogen-bond donors (Lipinski definition) is 0. The highest BCUT2D eigenvalue weighted by Crippen LogP contribution is 2.14. The summed E-state index contributed by atoms with van der Waals surface area (Å²) in [4.78, 5) is 28.6. The van der Waals surface area contributed by atoms with Gasteiger partial charge in [-0.05, 0) is 30.5 Å². The van der Waals surface area contributed by atoms with Crippen LogP contribution in [0.25, 0.3) is 0 Å². The van der Waals surface area contributed by atoms with Crippen molar-refractivity contribution in [1.82, 2.24) is 9.80 Å². The second-order valence-electron chi connectivity index (χ2n) is 6.36. The Morgan fingerprint density at radius 2 is 1.57 bits per heavy atom. The Hall–Kier alpha value is -1.84. The molecule has 1 unspecified atom stereocenters. The van der Waals surface area contributed by atoms with Gasteiger partial charge < -0.3 is 9.80 Å². The molecule has 126 valence electrons. The molecule has 1 saturated heterocycles. The molecule has 1 fully saturated rings. The van der Waals surface area contributed by atoms with Gasteiger partial charge in [-0.15, -0.1) is 0 Å². The number of carbonyl (C=O) groups is 2. The van der Waals surface area contributed by atoms with E-state index < -0.39 is 0 Å². The molecule has 2 amide bonds. The summed E-state index contributed by atoms with van der Waals surface area (Å²) in [5.41, 5.74) is 1.98. The molecule has 0 aliphatic carbocycles.